The minimum absolute atomic E-state index is 0.137. The van der Waals surface area contributed by atoms with Crippen LogP contribution in [0, 0.1) is 0 Å². The molecule has 2 aromatic carbocycles. The maximum absolute atomic E-state index is 12.2. The molecule has 4 heteroatoms. The third kappa shape index (κ3) is 4.20. The number of likely N-dealkylation sites (tertiary alicyclic amines) is 1. The molecule has 3 nitrogen and oxygen atoms in total. The highest BCUT2D eigenvalue weighted by Gasteiger charge is 2.16. The predicted molar refractivity (Wildman–Crippen MR) is 102 cm³/mol. The fourth-order valence-corrected chi connectivity index (χ4v) is 3.17. The summed E-state index contributed by atoms with van der Waals surface area (Å²) < 4.78 is 0. The maximum atomic E-state index is 12.2. The molecule has 1 aliphatic heterocycles. The van der Waals surface area contributed by atoms with E-state index in [2.05, 4.69) is 29.6 Å². The molecule has 124 valence electrons. The molecule has 1 amide bonds. The summed E-state index contributed by atoms with van der Waals surface area (Å²) in [5.41, 5.74) is 3.28. The number of thiocarbonyl (C=S) groups is 1. The highest BCUT2D eigenvalue weighted by atomic mass is 32.1. The second-order valence-corrected chi connectivity index (χ2v) is 6.48. The number of rotatable bonds is 4. The molecule has 0 radical (unpaired) electrons. The van der Waals surface area contributed by atoms with Crippen LogP contribution in [0.1, 0.15) is 24.8 Å². The van der Waals surface area contributed by atoms with Gasteiger partial charge in [-0.25, -0.2) is 0 Å². The summed E-state index contributed by atoms with van der Waals surface area (Å²) in [5, 5.41) is 3.10. The standard InChI is InChI=1S/C20H22N2OS/c23-19(22-13-5-2-6-14-22)15-21-20(24)18-11-9-17(10-12-18)16-7-3-1-4-8-16/h1,3-4,7-12H,2,5-6,13-15H2,(H,21,24). The van der Waals surface area contributed by atoms with E-state index in [1.54, 1.807) is 0 Å². The summed E-state index contributed by atoms with van der Waals surface area (Å²) in [6.07, 6.45) is 3.44. The first kappa shape index (κ1) is 16.7. The zero-order chi connectivity index (χ0) is 16.8. The summed E-state index contributed by atoms with van der Waals surface area (Å²) in [7, 11) is 0. The van der Waals surface area contributed by atoms with Crippen molar-refractivity contribution in [2.75, 3.05) is 19.6 Å². The van der Waals surface area contributed by atoms with Gasteiger partial charge in [0.1, 0.15) is 4.99 Å². The van der Waals surface area contributed by atoms with Gasteiger partial charge < -0.3 is 10.2 Å². The van der Waals surface area contributed by atoms with E-state index in [4.69, 9.17) is 12.2 Å². The van der Waals surface area contributed by atoms with Gasteiger partial charge in [0.15, 0.2) is 0 Å². The van der Waals surface area contributed by atoms with E-state index in [1.807, 2.05) is 35.2 Å². The number of carbonyl (C=O) groups excluding carboxylic acids is 1. The van der Waals surface area contributed by atoms with Crippen molar-refractivity contribution < 1.29 is 4.79 Å². The van der Waals surface area contributed by atoms with Gasteiger partial charge >= 0.3 is 0 Å². The van der Waals surface area contributed by atoms with Gasteiger partial charge in [-0.15, -0.1) is 0 Å². The van der Waals surface area contributed by atoms with E-state index < -0.39 is 0 Å². The fraction of sp³-hybridized carbons (Fsp3) is 0.300. The van der Waals surface area contributed by atoms with Gasteiger partial charge in [-0.1, -0.05) is 66.8 Å². The Morgan fingerprint density at radius 2 is 1.54 bits per heavy atom. The Morgan fingerprint density at radius 3 is 2.21 bits per heavy atom. The zero-order valence-electron chi connectivity index (χ0n) is 13.7. The summed E-state index contributed by atoms with van der Waals surface area (Å²) in [6.45, 7) is 2.03. The van der Waals surface area contributed by atoms with Crippen molar-refractivity contribution in [3.63, 3.8) is 0 Å². The minimum atomic E-state index is 0.137. The number of nitrogens with one attached hydrogen (secondary N) is 1. The minimum Gasteiger partial charge on any atom is -0.367 e. The molecule has 24 heavy (non-hydrogen) atoms. The molecule has 0 aliphatic carbocycles. The van der Waals surface area contributed by atoms with Gasteiger partial charge in [0, 0.05) is 18.7 Å². The Balaban J connectivity index is 1.56. The van der Waals surface area contributed by atoms with Crippen LogP contribution in [0.5, 0.6) is 0 Å². The molecule has 1 fully saturated rings. The Kier molecular flexibility index (Phi) is 5.59. The van der Waals surface area contributed by atoms with Crippen LogP contribution in [0.25, 0.3) is 11.1 Å². The topological polar surface area (TPSA) is 32.3 Å². The molecule has 0 unspecified atom stereocenters. The summed E-state index contributed by atoms with van der Waals surface area (Å²) in [5.74, 6) is 0.137. The Hall–Kier alpha value is -2.20. The van der Waals surface area contributed by atoms with Crippen molar-refractivity contribution in [2.24, 2.45) is 0 Å². The first-order valence-electron chi connectivity index (χ1n) is 8.45. The number of hydrogen-bond acceptors (Lipinski definition) is 2. The van der Waals surface area contributed by atoms with Crippen LogP contribution >= 0.6 is 12.2 Å². The van der Waals surface area contributed by atoms with Crippen molar-refractivity contribution in [1.82, 2.24) is 10.2 Å². The predicted octanol–water partition coefficient (Wildman–Crippen LogP) is 3.63. The second-order valence-electron chi connectivity index (χ2n) is 6.07. The first-order chi connectivity index (χ1) is 11.7. The molecule has 0 spiro atoms. The lowest BCUT2D eigenvalue weighted by Crippen LogP contribution is -2.42. The Bertz CT molecular complexity index is 691. The molecule has 0 saturated carbocycles. The molecule has 1 heterocycles. The Labute approximate surface area is 148 Å². The molecule has 3 rings (SSSR count). The van der Waals surface area contributed by atoms with Crippen molar-refractivity contribution in [3.8, 4) is 11.1 Å². The van der Waals surface area contributed by atoms with Crippen LogP contribution in [0.2, 0.25) is 0 Å². The van der Waals surface area contributed by atoms with Gasteiger partial charge in [-0.05, 0) is 30.4 Å². The van der Waals surface area contributed by atoms with Crippen LogP contribution in [-0.2, 0) is 4.79 Å². The third-order valence-electron chi connectivity index (χ3n) is 4.36. The normalized spacial score (nSPS) is 14.2. The van der Waals surface area contributed by atoms with Crippen molar-refractivity contribution in [1.29, 1.82) is 0 Å². The molecule has 0 atom stereocenters. The average molecular weight is 338 g/mol. The van der Waals surface area contributed by atoms with Gasteiger partial charge in [0.05, 0.1) is 6.54 Å². The highest BCUT2D eigenvalue weighted by molar-refractivity contribution is 7.80. The molecule has 0 bridgehead atoms. The molecule has 1 saturated heterocycles. The number of amides is 1. The Morgan fingerprint density at radius 1 is 0.917 bits per heavy atom. The third-order valence-corrected chi connectivity index (χ3v) is 4.74. The van der Waals surface area contributed by atoms with Gasteiger partial charge in [0.2, 0.25) is 5.91 Å². The lowest BCUT2D eigenvalue weighted by atomic mass is 10.0. The van der Waals surface area contributed by atoms with Gasteiger partial charge in [0.25, 0.3) is 0 Å². The molecular weight excluding hydrogens is 316 g/mol. The van der Waals surface area contributed by atoms with E-state index in [0.717, 1.165) is 37.1 Å². The van der Waals surface area contributed by atoms with E-state index in [-0.39, 0.29) is 12.5 Å². The smallest absolute Gasteiger partial charge is 0.241 e. The zero-order valence-corrected chi connectivity index (χ0v) is 14.5. The van der Waals surface area contributed by atoms with Crippen LogP contribution in [0.3, 0.4) is 0 Å². The summed E-state index contributed by atoms with van der Waals surface area (Å²) >= 11 is 5.42. The number of nitrogens with zero attached hydrogens (tertiary/aromatic N) is 1. The lowest BCUT2D eigenvalue weighted by molar-refractivity contribution is -0.130. The van der Waals surface area contributed by atoms with Crippen molar-refractivity contribution >= 4 is 23.1 Å². The van der Waals surface area contributed by atoms with Crippen LogP contribution < -0.4 is 5.32 Å². The molecule has 0 aromatic heterocycles. The quantitative estimate of drug-likeness (QED) is 0.864. The number of piperidine rings is 1. The van der Waals surface area contributed by atoms with Crippen LogP contribution in [0.4, 0.5) is 0 Å². The van der Waals surface area contributed by atoms with Crippen LogP contribution in [-0.4, -0.2) is 35.4 Å². The van der Waals surface area contributed by atoms with Gasteiger partial charge in [-0.3, -0.25) is 4.79 Å². The maximum Gasteiger partial charge on any atom is 0.241 e. The van der Waals surface area contributed by atoms with E-state index >= 15 is 0 Å². The first-order valence-corrected chi connectivity index (χ1v) is 8.86. The van der Waals surface area contributed by atoms with Crippen molar-refractivity contribution in [3.05, 3.63) is 60.2 Å². The number of benzene rings is 2. The SMILES string of the molecule is O=C(CNC(=S)c1ccc(-c2ccccc2)cc1)N1CCCCC1. The highest BCUT2D eigenvalue weighted by Crippen LogP contribution is 2.19. The average Bonchev–Trinajstić information content (AvgIpc) is 2.67. The van der Waals surface area contributed by atoms with E-state index in [9.17, 15) is 4.79 Å². The monoisotopic (exact) mass is 338 g/mol. The largest absolute Gasteiger partial charge is 0.367 e. The second kappa shape index (κ2) is 8.06. The van der Waals surface area contributed by atoms with Gasteiger partial charge in [-0.2, -0.15) is 0 Å². The lowest BCUT2D eigenvalue weighted by Gasteiger charge is -2.27. The molecular formula is C20H22N2OS. The van der Waals surface area contributed by atoms with Crippen molar-refractivity contribution in [2.45, 2.75) is 19.3 Å². The molecule has 2 aromatic rings. The molecule has 1 N–H and O–H groups in total. The summed E-state index contributed by atoms with van der Waals surface area (Å²) in [4.78, 5) is 14.7. The number of hydrogen-bond donors (Lipinski definition) is 1. The summed E-state index contributed by atoms with van der Waals surface area (Å²) in [6, 6.07) is 18.4. The van der Waals surface area contributed by atoms with E-state index in [0.29, 0.717) is 4.99 Å². The molecule has 1 aliphatic rings. The fourth-order valence-electron chi connectivity index (χ4n) is 2.96. The van der Waals surface area contributed by atoms with Crippen LogP contribution in [0.15, 0.2) is 54.6 Å². The number of carbonyl (C=O) groups is 1. The van der Waals surface area contributed by atoms with E-state index in [1.165, 1.54) is 12.0 Å².